The highest BCUT2D eigenvalue weighted by Crippen LogP contribution is 2.24. The highest BCUT2D eigenvalue weighted by Gasteiger charge is 2.30. The van der Waals surface area contributed by atoms with Gasteiger partial charge in [0, 0.05) is 49.6 Å². The first-order valence-corrected chi connectivity index (χ1v) is 9.29. The predicted octanol–water partition coefficient (Wildman–Crippen LogP) is 2.94. The lowest BCUT2D eigenvalue weighted by atomic mass is 10.2. The van der Waals surface area contributed by atoms with Crippen LogP contribution in [0.15, 0.2) is 33.9 Å². The molecule has 0 spiro atoms. The highest BCUT2D eigenvalue weighted by atomic mass is 79.9. The van der Waals surface area contributed by atoms with Crippen molar-refractivity contribution < 1.29 is 13.2 Å². The number of hydrogen-bond donors (Lipinski definition) is 0. The molecule has 146 valence electrons. The molecular weight excluding hydrogens is 451 g/mol. The Bertz CT molecular complexity index is 868. The molecule has 0 aliphatic carbocycles. The average molecular weight is 467 g/mol. The number of piperazine rings is 1. The first-order chi connectivity index (χ1) is 12.7. The van der Waals surface area contributed by atoms with Gasteiger partial charge in [0.25, 0.3) is 5.56 Å². The summed E-state index contributed by atoms with van der Waals surface area (Å²) >= 11 is 9.43. The summed E-state index contributed by atoms with van der Waals surface area (Å²) in [4.78, 5) is 20.3. The van der Waals surface area contributed by atoms with E-state index in [0.717, 1.165) is 16.6 Å². The van der Waals surface area contributed by atoms with Crippen LogP contribution in [0.4, 0.5) is 18.9 Å². The van der Waals surface area contributed by atoms with Crippen molar-refractivity contribution in [1.29, 1.82) is 0 Å². The zero-order valence-electron chi connectivity index (χ0n) is 14.1. The Morgan fingerprint density at radius 3 is 2.48 bits per heavy atom. The molecule has 0 bridgehead atoms. The third-order valence-corrected chi connectivity index (χ3v) is 4.97. The molecule has 1 saturated heterocycles. The molecule has 0 aromatic carbocycles. The van der Waals surface area contributed by atoms with Crippen LogP contribution in [-0.4, -0.2) is 52.0 Å². The minimum Gasteiger partial charge on any atom is -0.366 e. The SMILES string of the molecule is O=c1c(Cl)c(N2CCN(Cc3cncc(Br)c3)CC2)cnn1CC(F)(F)F. The van der Waals surface area contributed by atoms with Gasteiger partial charge < -0.3 is 4.90 Å². The fourth-order valence-corrected chi connectivity index (χ4v) is 3.58. The van der Waals surface area contributed by atoms with E-state index in [1.807, 2.05) is 11.0 Å². The predicted molar refractivity (Wildman–Crippen MR) is 99.0 cm³/mol. The van der Waals surface area contributed by atoms with Crippen LogP contribution in [0.2, 0.25) is 5.02 Å². The van der Waals surface area contributed by atoms with Crippen LogP contribution in [0.5, 0.6) is 0 Å². The lowest BCUT2D eigenvalue weighted by molar-refractivity contribution is -0.143. The molecule has 0 atom stereocenters. The summed E-state index contributed by atoms with van der Waals surface area (Å²) in [6.07, 6.45) is 0.216. The van der Waals surface area contributed by atoms with Gasteiger partial charge in [-0.2, -0.15) is 18.3 Å². The molecule has 0 saturated carbocycles. The van der Waals surface area contributed by atoms with Crippen LogP contribution in [0.1, 0.15) is 5.56 Å². The van der Waals surface area contributed by atoms with Gasteiger partial charge in [-0.15, -0.1) is 0 Å². The van der Waals surface area contributed by atoms with Gasteiger partial charge in [-0.25, -0.2) is 4.68 Å². The third-order valence-electron chi connectivity index (χ3n) is 4.18. The average Bonchev–Trinajstić information content (AvgIpc) is 2.59. The summed E-state index contributed by atoms with van der Waals surface area (Å²) in [5.74, 6) is 0. The summed E-state index contributed by atoms with van der Waals surface area (Å²) in [5.41, 5.74) is 0.505. The summed E-state index contributed by atoms with van der Waals surface area (Å²) in [5, 5.41) is 3.39. The van der Waals surface area contributed by atoms with Gasteiger partial charge in [-0.05, 0) is 27.6 Å². The van der Waals surface area contributed by atoms with Crippen LogP contribution >= 0.6 is 27.5 Å². The van der Waals surface area contributed by atoms with Gasteiger partial charge in [0.2, 0.25) is 0 Å². The molecule has 1 aliphatic rings. The van der Waals surface area contributed by atoms with Gasteiger partial charge in [-0.3, -0.25) is 14.7 Å². The Morgan fingerprint density at radius 1 is 1.15 bits per heavy atom. The normalized spacial score (nSPS) is 16.0. The number of rotatable bonds is 4. The molecule has 27 heavy (non-hydrogen) atoms. The summed E-state index contributed by atoms with van der Waals surface area (Å²) in [6.45, 7) is 1.89. The Balaban J connectivity index is 1.65. The Hall–Kier alpha value is -1.65. The number of hydrogen-bond acceptors (Lipinski definition) is 5. The first kappa shape index (κ1) is 20.1. The molecule has 0 radical (unpaired) electrons. The van der Waals surface area contributed by atoms with E-state index in [-0.39, 0.29) is 5.02 Å². The number of alkyl halides is 3. The molecule has 2 aromatic heterocycles. The minimum absolute atomic E-state index is 0.237. The Kier molecular flexibility index (Phi) is 6.07. The summed E-state index contributed by atoms with van der Waals surface area (Å²) in [7, 11) is 0. The van der Waals surface area contributed by atoms with E-state index in [1.54, 1.807) is 12.4 Å². The Morgan fingerprint density at radius 2 is 1.85 bits per heavy atom. The van der Waals surface area contributed by atoms with Gasteiger partial charge in [0.05, 0.1) is 11.9 Å². The maximum atomic E-state index is 12.5. The van der Waals surface area contributed by atoms with E-state index in [4.69, 9.17) is 11.6 Å². The largest absolute Gasteiger partial charge is 0.408 e. The number of nitrogens with zero attached hydrogens (tertiary/aromatic N) is 5. The molecule has 0 unspecified atom stereocenters. The smallest absolute Gasteiger partial charge is 0.366 e. The van der Waals surface area contributed by atoms with Gasteiger partial charge in [0.1, 0.15) is 11.6 Å². The van der Waals surface area contributed by atoms with Gasteiger partial charge in [0.15, 0.2) is 0 Å². The van der Waals surface area contributed by atoms with Crippen LogP contribution in [-0.2, 0) is 13.1 Å². The topological polar surface area (TPSA) is 54.3 Å². The second kappa shape index (κ2) is 8.15. The number of pyridine rings is 1. The van der Waals surface area contributed by atoms with E-state index in [0.29, 0.717) is 36.5 Å². The third kappa shape index (κ3) is 5.20. The molecule has 0 N–H and O–H groups in total. The van der Waals surface area contributed by atoms with Gasteiger partial charge in [-0.1, -0.05) is 11.6 Å². The molecule has 3 rings (SSSR count). The second-order valence-electron chi connectivity index (χ2n) is 6.20. The molecule has 1 fully saturated rings. The van der Waals surface area contributed by atoms with Crippen LogP contribution in [0.3, 0.4) is 0 Å². The summed E-state index contributed by atoms with van der Waals surface area (Å²) in [6, 6.07) is 2.00. The molecule has 6 nitrogen and oxygen atoms in total. The molecule has 0 amide bonds. The quantitative estimate of drug-likeness (QED) is 0.694. The van der Waals surface area contributed by atoms with Crippen LogP contribution in [0.25, 0.3) is 0 Å². The maximum Gasteiger partial charge on any atom is 0.408 e. The molecular formula is C16H16BrClF3N5O. The van der Waals surface area contributed by atoms with Crippen molar-refractivity contribution >= 4 is 33.2 Å². The monoisotopic (exact) mass is 465 g/mol. The van der Waals surface area contributed by atoms with E-state index in [9.17, 15) is 18.0 Å². The van der Waals surface area contributed by atoms with Crippen molar-refractivity contribution in [1.82, 2.24) is 19.7 Å². The zero-order valence-corrected chi connectivity index (χ0v) is 16.4. The number of halogens is 5. The van der Waals surface area contributed by atoms with Crippen molar-refractivity contribution in [2.45, 2.75) is 19.3 Å². The second-order valence-corrected chi connectivity index (χ2v) is 7.49. The van der Waals surface area contributed by atoms with Crippen molar-refractivity contribution in [2.75, 3.05) is 31.1 Å². The van der Waals surface area contributed by atoms with E-state index < -0.39 is 18.3 Å². The zero-order chi connectivity index (χ0) is 19.6. The standard InChI is InChI=1S/C16H16BrClF3N5O/c17-12-5-11(6-22-7-12)9-24-1-3-25(4-2-24)13-8-23-26(10-16(19,20)21)15(27)14(13)18/h5-8H,1-4,9-10H2. The molecule has 1 aliphatic heterocycles. The fourth-order valence-electron chi connectivity index (χ4n) is 2.91. The highest BCUT2D eigenvalue weighted by molar-refractivity contribution is 9.10. The van der Waals surface area contributed by atoms with E-state index >= 15 is 0 Å². The fraction of sp³-hybridized carbons (Fsp3) is 0.438. The number of aromatic nitrogens is 3. The number of anilines is 1. The van der Waals surface area contributed by atoms with Crippen molar-refractivity contribution in [2.24, 2.45) is 0 Å². The van der Waals surface area contributed by atoms with Crippen molar-refractivity contribution in [3.63, 3.8) is 0 Å². The van der Waals surface area contributed by atoms with E-state index in [1.165, 1.54) is 6.20 Å². The maximum absolute atomic E-state index is 12.5. The first-order valence-electron chi connectivity index (χ1n) is 8.12. The Labute approximate surface area is 166 Å². The lowest BCUT2D eigenvalue weighted by Gasteiger charge is -2.36. The molecule has 3 heterocycles. The van der Waals surface area contributed by atoms with Crippen LogP contribution < -0.4 is 10.5 Å². The molecule has 2 aromatic rings. The van der Waals surface area contributed by atoms with Crippen molar-refractivity contribution in [3.05, 3.63) is 50.1 Å². The van der Waals surface area contributed by atoms with Crippen molar-refractivity contribution in [3.8, 4) is 0 Å². The lowest BCUT2D eigenvalue weighted by Crippen LogP contribution is -2.46. The van der Waals surface area contributed by atoms with Gasteiger partial charge >= 0.3 is 6.18 Å². The summed E-state index contributed by atoms with van der Waals surface area (Å²) < 4.78 is 38.7. The van der Waals surface area contributed by atoms with E-state index in [2.05, 4.69) is 30.9 Å². The van der Waals surface area contributed by atoms with Crippen LogP contribution in [0, 0.1) is 0 Å². The minimum atomic E-state index is -4.53. The molecule has 11 heteroatoms.